The van der Waals surface area contributed by atoms with Crippen LogP contribution in [0.15, 0.2) is 145 Å². The Morgan fingerprint density at radius 2 is 1.17 bits per heavy atom. The van der Waals surface area contributed by atoms with Crippen LogP contribution in [0.2, 0.25) is 0 Å². The topological polar surface area (TPSA) is 30.2 Å². The molecule has 6 aromatic carbocycles. The van der Waals surface area contributed by atoms with Crippen molar-refractivity contribution in [2.45, 2.75) is 13.3 Å². The van der Waals surface area contributed by atoms with E-state index >= 15 is 0 Å². The molecule has 3 nitrogen and oxygen atoms in total. The highest BCUT2D eigenvalue weighted by molar-refractivity contribution is 6.22. The lowest BCUT2D eigenvalue weighted by Crippen LogP contribution is -2.07. The molecule has 46 heavy (non-hydrogen) atoms. The molecule has 0 aliphatic carbocycles. The normalized spacial score (nSPS) is 12.6. The maximum absolute atomic E-state index is 5.06. The highest BCUT2D eigenvalue weighted by atomic mass is 15.1. The molecule has 1 aliphatic heterocycles. The van der Waals surface area contributed by atoms with Crippen molar-refractivity contribution < 1.29 is 0 Å². The number of fused-ring (bicyclic) bond motifs is 5. The van der Waals surface area contributed by atoms with Gasteiger partial charge in [0.15, 0.2) is 0 Å². The Hall–Kier alpha value is -5.80. The van der Waals surface area contributed by atoms with Crippen molar-refractivity contribution in [2.24, 2.45) is 4.99 Å². The van der Waals surface area contributed by atoms with Gasteiger partial charge in [0, 0.05) is 29.9 Å². The minimum absolute atomic E-state index is 0.834. The fourth-order valence-electron chi connectivity index (χ4n) is 7.34. The minimum atomic E-state index is 0.834. The van der Waals surface area contributed by atoms with Crippen LogP contribution < -0.4 is 0 Å². The summed E-state index contributed by atoms with van der Waals surface area (Å²) in [5.41, 5.74) is 12.2. The number of aryl methyl sites for hydroxylation is 1. The lowest BCUT2D eigenvalue weighted by atomic mass is 9.85. The average Bonchev–Trinajstić information content (AvgIpc) is 3.44. The monoisotopic (exact) mass is 589 g/mol. The Kier molecular flexibility index (Phi) is 6.17. The van der Waals surface area contributed by atoms with E-state index < -0.39 is 0 Å². The first-order valence-electron chi connectivity index (χ1n) is 15.9. The summed E-state index contributed by atoms with van der Waals surface area (Å²) in [4.78, 5) is 9.69. The third-order valence-corrected chi connectivity index (χ3v) is 9.43. The van der Waals surface area contributed by atoms with E-state index in [2.05, 4.69) is 150 Å². The van der Waals surface area contributed by atoms with E-state index in [4.69, 9.17) is 4.98 Å². The van der Waals surface area contributed by atoms with Crippen LogP contribution in [-0.2, 0) is 6.42 Å². The Bertz CT molecular complexity index is 2450. The SMILES string of the molecule is Cc1ccc2c3c(n(-c4ccc(-c5ccc6c(-c7ccccc7)c7ccccc7c(-c7ccccc7)c6c5)cn4)c2c1)C=NCC3. The molecule has 0 bridgehead atoms. The van der Waals surface area contributed by atoms with Gasteiger partial charge in [-0.05, 0) is 98.1 Å². The third-order valence-electron chi connectivity index (χ3n) is 9.43. The van der Waals surface area contributed by atoms with E-state index in [9.17, 15) is 0 Å². The van der Waals surface area contributed by atoms with Crippen molar-refractivity contribution >= 4 is 38.7 Å². The lowest BCUT2D eigenvalue weighted by Gasteiger charge is -2.18. The van der Waals surface area contributed by atoms with Gasteiger partial charge in [-0.3, -0.25) is 9.56 Å². The van der Waals surface area contributed by atoms with Crippen LogP contribution in [0, 0.1) is 6.92 Å². The zero-order valence-electron chi connectivity index (χ0n) is 25.6. The van der Waals surface area contributed by atoms with E-state index in [1.54, 1.807) is 0 Å². The molecule has 9 rings (SSSR count). The number of benzene rings is 6. The van der Waals surface area contributed by atoms with E-state index in [1.165, 1.54) is 65.8 Å². The summed E-state index contributed by atoms with van der Waals surface area (Å²) in [5, 5.41) is 6.30. The Balaban J connectivity index is 1.25. The maximum Gasteiger partial charge on any atom is 0.137 e. The minimum Gasteiger partial charge on any atom is -0.293 e. The number of aliphatic imine (C=N–C) groups is 1. The average molecular weight is 590 g/mol. The molecular formula is C43H31N3. The van der Waals surface area contributed by atoms with Crippen molar-refractivity contribution in [1.82, 2.24) is 9.55 Å². The molecule has 0 saturated heterocycles. The summed E-state index contributed by atoms with van der Waals surface area (Å²) in [6.07, 6.45) is 5.00. The second kappa shape index (κ2) is 10.7. The van der Waals surface area contributed by atoms with Crippen LogP contribution in [0.3, 0.4) is 0 Å². The molecule has 0 spiro atoms. The van der Waals surface area contributed by atoms with Gasteiger partial charge in [-0.25, -0.2) is 4.98 Å². The van der Waals surface area contributed by atoms with E-state index in [-0.39, 0.29) is 0 Å². The number of nitrogens with zero attached hydrogens (tertiary/aromatic N) is 3. The van der Waals surface area contributed by atoms with E-state index in [1.807, 2.05) is 12.4 Å². The first-order valence-corrected chi connectivity index (χ1v) is 15.9. The molecular weight excluding hydrogens is 558 g/mol. The number of hydrogen-bond acceptors (Lipinski definition) is 2. The van der Waals surface area contributed by atoms with Crippen LogP contribution >= 0.6 is 0 Å². The number of hydrogen-bond donors (Lipinski definition) is 0. The van der Waals surface area contributed by atoms with Crippen LogP contribution in [0.4, 0.5) is 0 Å². The molecule has 0 N–H and O–H groups in total. The van der Waals surface area contributed by atoms with Crippen LogP contribution in [0.5, 0.6) is 0 Å². The van der Waals surface area contributed by atoms with Crippen molar-refractivity contribution in [2.75, 3.05) is 6.54 Å². The summed E-state index contributed by atoms with van der Waals surface area (Å²) < 4.78 is 2.27. The number of pyridine rings is 1. The molecule has 0 saturated carbocycles. The van der Waals surface area contributed by atoms with Gasteiger partial charge >= 0.3 is 0 Å². The van der Waals surface area contributed by atoms with Gasteiger partial charge in [0.2, 0.25) is 0 Å². The molecule has 2 aromatic heterocycles. The summed E-state index contributed by atoms with van der Waals surface area (Å²) >= 11 is 0. The largest absolute Gasteiger partial charge is 0.293 e. The predicted molar refractivity (Wildman–Crippen MR) is 193 cm³/mol. The zero-order valence-corrected chi connectivity index (χ0v) is 25.6. The smallest absolute Gasteiger partial charge is 0.137 e. The van der Waals surface area contributed by atoms with Gasteiger partial charge in [0.05, 0.1) is 11.2 Å². The highest BCUT2D eigenvalue weighted by Gasteiger charge is 2.21. The van der Waals surface area contributed by atoms with Gasteiger partial charge in [-0.15, -0.1) is 0 Å². The molecule has 0 atom stereocenters. The highest BCUT2D eigenvalue weighted by Crippen LogP contribution is 2.44. The van der Waals surface area contributed by atoms with Gasteiger partial charge < -0.3 is 0 Å². The van der Waals surface area contributed by atoms with Crippen LogP contribution in [-0.4, -0.2) is 22.3 Å². The van der Waals surface area contributed by atoms with Crippen molar-refractivity contribution in [3.63, 3.8) is 0 Å². The van der Waals surface area contributed by atoms with Gasteiger partial charge in [0.25, 0.3) is 0 Å². The van der Waals surface area contributed by atoms with Gasteiger partial charge in [0.1, 0.15) is 5.82 Å². The van der Waals surface area contributed by atoms with Gasteiger partial charge in [-0.2, -0.15) is 0 Å². The first-order chi connectivity index (χ1) is 22.7. The predicted octanol–water partition coefficient (Wildman–Crippen LogP) is 10.6. The molecule has 0 amide bonds. The molecule has 3 heteroatoms. The molecule has 3 heterocycles. The van der Waals surface area contributed by atoms with Crippen LogP contribution in [0.1, 0.15) is 16.8 Å². The first kappa shape index (κ1) is 26.6. The van der Waals surface area contributed by atoms with E-state index in [0.29, 0.717) is 0 Å². The maximum atomic E-state index is 5.06. The standard InChI is InChI=1S/C43H31N3/c1-28-16-19-33-34-22-23-44-27-40(34)46(39(33)24-28)41-21-18-32(26-45-41)31-17-20-37-38(25-31)43(30-12-6-3-7-13-30)36-15-9-8-14-35(36)42(37)29-10-4-2-5-11-29/h2-21,24-27H,22-23H2,1H3. The molecule has 0 unspecified atom stereocenters. The summed E-state index contributed by atoms with van der Waals surface area (Å²) in [6, 6.07) is 48.4. The quantitative estimate of drug-likeness (QED) is 0.188. The Labute approximate surface area is 268 Å². The zero-order chi connectivity index (χ0) is 30.6. The van der Waals surface area contributed by atoms with E-state index in [0.717, 1.165) is 35.6 Å². The summed E-state index contributed by atoms with van der Waals surface area (Å²) in [7, 11) is 0. The summed E-state index contributed by atoms with van der Waals surface area (Å²) in [6.45, 7) is 2.98. The Morgan fingerprint density at radius 3 is 1.87 bits per heavy atom. The third kappa shape index (κ3) is 4.20. The van der Waals surface area contributed by atoms with Crippen molar-refractivity contribution in [3.05, 3.63) is 156 Å². The number of aromatic nitrogens is 2. The fourth-order valence-corrected chi connectivity index (χ4v) is 7.34. The molecule has 218 valence electrons. The molecule has 8 aromatic rings. The second-order valence-corrected chi connectivity index (χ2v) is 12.2. The number of rotatable bonds is 4. The molecule has 0 fully saturated rings. The molecule has 0 radical (unpaired) electrons. The van der Waals surface area contributed by atoms with Gasteiger partial charge in [-0.1, -0.05) is 109 Å². The summed E-state index contributed by atoms with van der Waals surface area (Å²) in [5.74, 6) is 0.914. The second-order valence-electron chi connectivity index (χ2n) is 12.2. The van der Waals surface area contributed by atoms with Crippen LogP contribution in [0.25, 0.3) is 71.6 Å². The van der Waals surface area contributed by atoms with Crippen molar-refractivity contribution in [1.29, 1.82) is 0 Å². The lowest BCUT2D eigenvalue weighted by molar-refractivity contribution is 0.930. The fraction of sp³-hybridized carbons (Fsp3) is 0.0698. The van der Waals surface area contributed by atoms with Crippen molar-refractivity contribution in [3.8, 4) is 39.2 Å². The Morgan fingerprint density at radius 1 is 0.543 bits per heavy atom. The molecule has 1 aliphatic rings.